The minimum absolute atomic E-state index is 0.143. The van der Waals surface area contributed by atoms with Crippen LogP contribution in [0.1, 0.15) is 37.9 Å². The molecule has 2 N–H and O–H groups in total. The van der Waals surface area contributed by atoms with E-state index in [-0.39, 0.29) is 5.69 Å². The van der Waals surface area contributed by atoms with E-state index in [0.29, 0.717) is 17.1 Å². The second-order valence-electron chi connectivity index (χ2n) is 5.11. The molecule has 3 rings (SSSR count). The highest BCUT2D eigenvalue weighted by molar-refractivity contribution is 7.99. The van der Waals surface area contributed by atoms with E-state index in [4.69, 9.17) is 0 Å². The number of hydrogen-bond acceptors (Lipinski definition) is 6. The highest BCUT2D eigenvalue weighted by Gasteiger charge is 2.28. The van der Waals surface area contributed by atoms with Crippen molar-refractivity contribution < 1.29 is 0 Å². The van der Waals surface area contributed by atoms with E-state index in [1.54, 1.807) is 4.57 Å². The molecule has 1 aliphatic rings. The molecule has 0 unspecified atom stereocenters. The minimum Gasteiger partial charge on any atom is -0.354 e. The van der Waals surface area contributed by atoms with Crippen LogP contribution < -0.4 is 11.0 Å². The van der Waals surface area contributed by atoms with Crippen LogP contribution in [-0.4, -0.2) is 31.3 Å². The Morgan fingerprint density at radius 3 is 3.00 bits per heavy atom. The van der Waals surface area contributed by atoms with Crippen LogP contribution in [0, 0.1) is 6.92 Å². The molecule has 2 aromatic heterocycles. The molecular weight excluding hydrogens is 288 g/mol. The number of rotatable bonds is 6. The van der Waals surface area contributed by atoms with Crippen LogP contribution in [0.5, 0.6) is 0 Å². The number of nitrogens with zero attached hydrogens (tertiary/aromatic N) is 4. The summed E-state index contributed by atoms with van der Waals surface area (Å²) < 4.78 is 1.72. The van der Waals surface area contributed by atoms with Crippen molar-refractivity contribution >= 4 is 17.7 Å². The average molecular weight is 306 g/mol. The lowest BCUT2D eigenvalue weighted by Gasteiger charge is -2.07. The molecule has 0 aromatic carbocycles. The number of aromatic amines is 1. The molecule has 1 aliphatic carbocycles. The second-order valence-corrected chi connectivity index (χ2v) is 6.10. The van der Waals surface area contributed by atoms with Gasteiger partial charge in [-0.3, -0.25) is 4.57 Å². The van der Waals surface area contributed by atoms with Gasteiger partial charge >= 0.3 is 5.69 Å². The van der Waals surface area contributed by atoms with Gasteiger partial charge in [0.05, 0.1) is 0 Å². The SMILES string of the molecule is CCCNc1nc(C)cc(Sc2n[nH]c(=O)n2C2CC2)n1. The molecule has 0 bridgehead atoms. The van der Waals surface area contributed by atoms with Gasteiger partial charge in [0.2, 0.25) is 5.95 Å². The highest BCUT2D eigenvalue weighted by Crippen LogP contribution is 2.37. The maximum atomic E-state index is 11.8. The Balaban J connectivity index is 1.84. The summed E-state index contributed by atoms with van der Waals surface area (Å²) in [6, 6.07) is 2.19. The third-order valence-electron chi connectivity index (χ3n) is 3.14. The number of aromatic nitrogens is 5. The predicted octanol–water partition coefficient (Wildman–Crippen LogP) is 1.98. The molecule has 21 heavy (non-hydrogen) atoms. The van der Waals surface area contributed by atoms with Gasteiger partial charge in [0, 0.05) is 18.3 Å². The Labute approximate surface area is 126 Å². The van der Waals surface area contributed by atoms with Gasteiger partial charge in [-0.25, -0.2) is 19.9 Å². The Hall–Kier alpha value is -1.83. The number of nitrogens with one attached hydrogen (secondary N) is 2. The fraction of sp³-hybridized carbons (Fsp3) is 0.538. The van der Waals surface area contributed by atoms with Gasteiger partial charge in [0.25, 0.3) is 0 Å². The molecule has 2 aromatic rings. The third-order valence-corrected chi connectivity index (χ3v) is 4.03. The molecule has 1 saturated carbocycles. The molecule has 2 heterocycles. The van der Waals surface area contributed by atoms with E-state index in [9.17, 15) is 4.79 Å². The molecule has 7 nitrogen and oxygen atoms in total. The van der Waals surface area contributed by atoms with Gasteiger partial charge in [-0.05, 0) is 44.0 Å². The molecular formula is C13H18N6OS. The normalized spacial score (nSPS) is 14.4. The maximum Gasteiger partial charge on any atom is 0.344 e. The summed E-state index contributed by atoms with van der Waals surface area (Å²) in [7, 11) is 0. The summed E-state index contributed by atoms with van der Waals surface area (Å²) in [5.74, 6) is 0.621. The second kappa shape index (κ2) is 5.88. The average Bonchev–Trinajstić information content (AvgIpc) is 3.21. The van der Waals surface area contributed by atoms with E-state index < -0.39 is 0 Å². The number of hydrogen-bond donors (Lipinski definition) is 2. The summed E-state index contributed by atoms with van der Waals surface area (Å²) in [5.41, 5.74) is 0.747. The van der Waals surface area contributed by atoms with Crippen LogP contribution in [0.3, 0.4) is 0 Å². The van der Waals surface area contributed by atoms with Gasteiger partial charge in [-0.15, -0.1) is 5.10 Å². The Kier molecular flexibility index (Phi) is 3.96. The van der Waals surface area contributed by atoms with E-state index in [2.05, 4.69) is 32.4 Å². The van der Waals surface area contributed by atoms with E-state index >= 15 is 0 Å². The van der Waals surface area contributed by atoms with E-state index in [0.717, 1.165) is 36.5 Å². The molecule has 112 valence electrons. The molecule has 0 saturated heterocycles. The fourth-order valence-corrected chi connectivity index (χ4v) is 2.99. The molecule has 0 amide bonds. The van der Waals surface area contributed by atoms with Gasteiger partial charge in [-0.2, -0.15) is 0 Å². The number of anilines is 1. The molecule has 0 atom stereocenters. The molecule has 0 aliphatic heterocycles. The molecule has 1 fully saturated rings. The molecule has 0 spiro atoms. The Bertz CT molecular complexity index is 690. The van der Waals surface area contributed by atoms with Crippen molar-refractivity contribution in [1.82, 2.24) is 24.7 Å². The topological polar surface area (TPSA) is 88.5 Å². The van der Waals surface area contributed by atoms with Gasteiger partial charge in [-0.1, -0.05) is 6.92 Å². The van der Waals surface area contributed by atoms with E-state index in [1.165, 1.54) is 11.8 Å². The van der Waals surface area contributed by atoms with Gasteiger partial charge < -0.3 is 5.32 Å². The predicted molar refractivity (Wildman–Crippen MR) is 80.8 cm³/mol. The largest absolute Gasteiger partial charge is 0.354 e. The Morgan fingerprint density at radius 1 is 1.48 bits per heavy atom. The first kappa shape index (κ1) is 14.1. The van der Waals surface area contributed by atoms with Crippen molar-refractivity contribution in [3.63, 3.8) is 0 Å². The van der Waals surface area contributed by atoms with Crippen LogP contribution in [0.2, 0.25) is 0 Å². The maximum absolute atomic E-state index is 11.8. The van der Waals surface area contributed by atoms with Crippen molar-refractivity contribution in [1.29, 1.82) is 0 Å². The summed E-state index contributed by atoms with van der Waals surface area (Å²) >= 11 is 1.39. The van der Waals surface area contributed by atoms with E-state index in [1.807, 2.05) is 13.0 Å². The van der Waals surface area contributed by atoms with Crippen molar-refractivity contribution in [3.8, 4) is 0 Å². The summed E-state index contributed by atoms with van der Waals surface area (Å²) in [4.78, 5) is 20.6. The molecule has 0 radical (unpaired) electrons. The lowest BCUT2D eigenvalue weighted by molar-refractivity contribution is 0.642. The first-order chi connectivity index (χ1) is 10.2. The number of H-pyrrole nitrogens is 1. The van der Waals surface area contributed by atoms with Gasteiger partial charge in [0.15, 0.2) is 5.16 Å². The lowest BCUT2D eigenvalue weighted by Crippen LogP contribution is -2.16. The zero-order valence-corrected chi connectivity index (χ0v) is 12.9. The van der Waals surface area contributed by atoms with Crippen molar-refractivity contribution in [2.75, 3.05) is 11.9 Å². The Morgan fingerprint density at radius 2 is 2.29 bits per heavy atom. The summed E-state index contributed by atoms with van der Waals surface area (Å²) in [6.45, 7) is 4.86. The quantitative estimate of drug-likeness (QED) is 0.793. The zero-order chi connectivity index (χ0) is 14.8. The van der Waals surface area contributed by atoms with Crippen LogP contribution in [0.25, 0.3) is 0 Å². The summed E-state index contributed by atoms with van der Waals surface area (Å²) in [5, 5.41) is 11.3. The minimum atomic E-state index is -0.143. The van der Waals surface area contributed by atoms with Crippen LogP contribution in [-0.2, 0) is 0 Å². The monoisotopic (exact) mass is 306 g/mol. The van der Waals surface area contributed by atoms with Crippen molar-refractivity contribution in [3.05, 3.63) is 22.2 Å². The van der Waals surface area contributed by atoms with Crippen molar-refractivity contribution in [2.45, 2.75) is 49.3 Å². The smallest absolute Gasteiger partial charge is 0.344 e. The number of aryl methyl sites for hydroxylation is 1. The van der Waals surface area contributed by atoms with Crippen molar-refractivity contribution in [2.24, 2.45) is 0 Å². The fourth-order valence-electron chi connectivity index (χ4n) is 2.02. The zero-order valence-electron chi connectivity index (χ0n) is 12.1. The standard InChI is InChI=1S/C13H18N6OS/c1-3-6-14-11-15-8(2)7-10(16-11)21-13-18-17-12(20)19(13)9-4-5-9/h7,9H,3-6H2,1-2H3,(H,17,20)(H,14,15,16). The first-order valence-corrected chi connectivity index (χ1v) is 7.93. The summed E-state index contributed by atoms with van der Waals surface area (Å²) in [6.07, 6.45) is 3.10. The highest BCUT2D eigenvalue weighted by atomic mass is 32.2. The lowest BCUT2D eigenvalue weighted by atomic mass is 10.4. The van der Waals surface area contributed by atoms with Crippen LogP contribution in [0.15, 0.2) is 21.0 Å². The first-order valence-electron chi connectivity index (χ1n) is 7.11. The van der Waals surface area contributed by atoms with Crippen LogP contribution >= 0.6 is 11.8 Å². The third kappa shape index (κ3) is 3.26. The van der Waals surface area contributed by atoms with Gasteiger partial charge in [0.1, 0.15) is 5.03 Å². The van der Waals surface area contributed by atoms with Crippen LogP contribution in [0.4, 0.5) is 5.95 Å². The molecule has 8 heteroatoms.